The second kappa shape index (κ2) is 14.1. The molecule has 0 spiro atoms. The maximum absolute atomic E-state index is 6.37. The number of benzene rings is 6. The number of methoxy groups -OCH3 is 2. The number of anilines is 2. The number of rotatable bonds is 10. The normalized spacial score (nSPS) is 12.5. The second-order valence-electron chi connectivity index (χ2n) is 14.4. The average molecular weight is 753 g/mol. The predicted octanol–water partition coefficient (Wildman–Crippen LogP) is 9.63. The molecule has 1 aliphatic carbocycles. The van der Waals surface area contributed by atoms with E-state index in [0.717, 1.165) is 78.5 Å². The summed E-state index contributed by atoms with van der Waals surface area (Å²) in [5.74, 6) is 3.28. The molecule has 0 N–H and O–H groups in total. The Morgan fingerprint density at radius 1 is 0.421 bits per heavy atom. The van der Waals surface area contributed by atoms with Gasteiger partial charge in [-0.1, -0.05) is 36.4 Å². The minimum Gasteiger partial charge on any atom is -0.497 e. The quantitative estimate of drug-likeness (QED) is 0.134. The Balaban J connectivity index is 1.21. The third kappa shape index (κ3) is 6.06. The van der Waals surface area contributed by atoms with Gasteiger partial charge in [-0.15, -0.1) is 20.4 Å². The standard InChI is InChI=1S/C47H40N6O4/c1-52(2)35-17-7-29(8-18-35)43-48-50-45(56-43)31-11-25-39-40-26-12-32(46-51-49-44(57-46)30-9-19-36(20-10-30)53(3)4)28-42(40)47(41(39)27-31,33-13-21-37(54-5)22-14-33)34-15-23-38(55-6)24-16-34/h7-28H,1-6H3. The van der Waals surface area contributed by atoms with Gasteiger partial charge >= 0.3 is 0 Å². The van der Waals surface area contributed by atoms with Crippen molar-refractivity contribution in [1.29, 1.82) is 0 Å². The molecule has 6 aromatic carbocycles. The predicted molar refractivity (Wildman–Crippen MR) is 223 cm³/mol. The fraction of sp³-hybridized carbons (Fsp3) is 0.149. The zero-order valence-electron chi connectivity index (χ0n) is 32.5. The fourth-order valence-corrected chi connectivity index (χ4v) is 7.78. The first-order chi connectivity index (χ1) is 27.8. The summed E-state index contributed by atoms with van der Waals surface area (Å²) in [7, 11) is 11.4. The van der Waals surface area contributed by atoms with Gasteiger partial charge in [0.1, 0.15) is 11.5 Å². The van der Waals surface area contributed by atoms with Crippen LogP contribution in [0.4, 0.5) is 11.4 Å². The van der Waals surface area contributed by atoms with E-state index in [2.05, 4.69) is 78.7 Å². The van der Waals surface area contributed by atoms with E-state index in [9.17, 15) is 0 Å². The number of ether oxygens (including phenoxy) is 2. The molecule has 0 fully saturated rings. The molecule has 0 bridgehead atoms. The summed E-state index contributed by atoms with van der Waals surface area (Å²) in [5, 5.41) is 18.0. The smallest absolute Gasteiger partial charge is 0.248 e. The molecule has 57 heavy (non-hydrogen) atoms. The van der Waals surface area contributed by atoms with Crippen LogP contribution in [-0.4, -0.2) is 62.8 Å². The van der Waals surface area contributed by atoms with Crippen LogP contribution in [0.3, 0.4) is 0 Å². The van der Waals surface area contributed by atoms with E-state index < -0.39 is 5.41 Å². The van der Waals surface area contributed by atoms with Crippen molar-refractivity contribution in [2.75, 3.05) is 52.2 Å². The monoisotopic (exact) mass is 752 g/mol. The van der Waals surface area contributed by atoms with Gasteiger partial charge < -0.3 is 28.1 Å². The number of aromatic nitrogens is 4. The third-order valence-corrected chi connectivity index (χ3v) is 10.8. The summed E-state index contributed by atoms with van der Waals surface area (Å²) in [4.78, 5) is 4.11. The van der Waals surface area contributed by atoms with Crippen molar-refractivity contribution in [2.24, 2.45) is 0 Å². The minimum atomic E-state index is -0.801. The number of hydrogen-bond acceptors (Lipinski definition) is 10. The zero-order chi connectivity index (χ0) is 39.3. The molecule has 1 aliphatic rings. The van der Waals surface area contributed by atoms with E-state index in [1.807, 2.05) is 113 Å². The molecule has 0 amide bonds. The van der Waals surface area contributed by atoms with Crippen LogP contribution >= 0.6 is 0 Å². The van der Waals surface area contributed by atoms with Gasteiger partial charge in [-0.05, 0) is 130 Å². The largest absolute Gasteiger partial charge is 0.497 e. The van der Waals surface area contributed by atoms with Gasteiger partial charge in [-0.3, -0.25) is 0 Å². The topological polar surface area (TPSA) is 103 Å². The SMILES string of the molecule is COc1ccc(C2(c3ccc(OC)cc3)c3cc(-c4nnc(-c5ccc(N(C)C)cc5)o4)ccc3-c3ccc(-c4nnc(-c5ccc(N(C)C)cc5)o4)cc32)cc1. The van der Waals surface area contributed by atoms with Crippen molar-refractivity contribution >= 4 is 11.4 Å². The van der Waals surface area contributed by atoms with Crippen molar-refractivity contribution in [3.63, 3.8) is 0 Å². The van der Waals surface area contributed by atoms with Crippen LogP contribution in [0.2, 0.25) is 0 Å². The Bertz CT molecular complexity index is 2510. The molecule has 0 saturated carbocycles. The number of nitrogens with zero attached hydrogens (tertiary/aromatic N) is 6. The molecule has 0 radical (unpaired) electrons. The summed E-state index contributed by atoms with van der Waals surface area (Å²) in [6.07, 6.45) is 0. The Hall–Kier alpha value is -7.20. The number of fused-ring (bicyclic) bond motifs is 3. The van der Waals surface area contributed by atoms with Crippen LogP contribution in [0, 0.1) is 0 Å². The number of hydrogen-bond donors (Lipinski definition) is 0. The Morgan fingerprint density at radius 3 is 1.09 bits per heavy atom. The lowest BCUT2D eigenvalue weighted by molar-refractivity contribution is 0.414. The highest BCUT2D eigenvalue weighted by Crippen LogP contribution is 2.57. The molecule has 10 nitrogen and oxygen atoms in total. The molecule has 0 unspecified atom stereocenters. The van der Waals surface area contributed by atoms with Crippen LogP contribution < -0.4 is 19.3 Å². The summed E-state index contributed by atoms with van der Waals surface area (Å²) >= 11 is 0. The summed E-state index contributed by atoms with van der Waals surface area (Å²) in [6.45, 7) is 0. The Kier molecular flexibility index (Phi) is 8.81. The average Bonchev–Trinajstić information content (AvgIpc) is 4.02. The van der Waals surface area contributed by atoms with Crippen LogP contribution in [0.15, 0.2) is 142 Å². The highest BCUT2D eigenvalue weighted by molar-refractivity contribution is 5.89. The molecule has 9 rings (SSSR count). The lowest BCUT2D eigenvalue weighted by Gasteiger charge is -2.34. The van der Waals surface area contributed by atoms with Gasteiger partial charge in [0.2, 0.25) is 23.6 Å². The molecule has 282 valence electrons. The van der Waals surface area contributed by atoms with Gasteiger partial charge in [0.15, 0.2) is 0 Å². The van der Waals surface area contributed by atoms with E-state index in [0.29, 0.717) is 23.6 Å². The van der Waals surface area contributed by atoms with Crippen LogP contribution in [0.5, 0.6) is 11.5 Å². The maximum Gasteiger partial charge on any atom is 0.248 e. The molecule has 2 heterocycles. The lowest BCUT2D eigenvalue weighted by Crippen LogP contribution is -2.28. The van der Waals surface area contributed by atoms with E-state index in [4.69, 9.17) is 18.3 Å². The van der Waals surface area contributed by atoms with Gasteiger partial charge in [0, 0.05) is 61.8 Å². The molecule has 10 heteroatoms. The highest BCUT2D eigenvalue weighted by Gasteiger charge is 2.47. The summed E-state index contributed by atoms with van der Waals surface area (Å²) in [6, 6.07) is 45.4. The van der Waals surface area contributed by atoms with Crippen molar-refractivity contribution in [2.45, 2.75) is 5.41 Å². The molecule has 2 aromatic heterocycles. The lowest BCUT2D eigenvalue weighted by atomic mass is 9.67. The van der Waals surface area contributed by atoms with E-state index >= 15 is 0 Å². The van der Waals surface area contributed by atoms with Gasteiger partial charge in [0.05, 0.1) is 19.6 Å². The van der Waals surface area contributed by atoms with E-state index in [1.165, 1.54) is 0 Å². The van der Waals surface area contributed by atoms with E-state index in [-0.39, 0.29) is 0 Å². The van der Waals surface area contributed by atoms with E-state index in [1.54, 1.807) is 14.2 Å². The van der Waals surface area contributed by atoms with Crippen molar-refractivity contribution < 1.29 is 18.3 Å². The van der Waals surface area contributed by atoms with Gasteiger partial charge in [0.25, 0.3) is 0 Å². The van der Waals surface area contributed by atoms with Gasteiger partial charge in [-0.25, -0.2) is 0 Å². The molecule has 8 aromatic rings. The van der Waals surface area contributed by atoms with Crippen LogP contribution in [-0.2, 0) is 5.41 Å². The van der Waals surface area contributed by atoms with Crippen LogP contribution in [0.1, 0.15) is 22.3 Å². The summed E-state index contributed by atoms with van der Waals surface area (Å²) < 4.78 is 24.0. The Morgan fingerprint density at radius 2 is 0.754 bits per heavy atom. The first-order valence-electron chi connectivity index (χ1n) is 18.6. The van der Waals surface area contributed by atoms with Crippen molar-refractivity contribution in [1.82, 2.24) is 20.4 Å². The molecule has 0 saturated heterocycles. The van der Waals surface area contributed by atoms with Crippen molar-refractivity contribution in [3.05, 3.63) is 156 Å². The molecule has 0 aliphatic heterocycles. The highest BCUT2D eigenvalue weighted by atomic mass is 16.5. The van der Waals surface area contributed by atoms with Gasteiger partial charge in [-0.2, -0.15) is 0 Å². The Labute approximate surface area is 331 Å². The fourth-order valence-electron chi connectivity index (χ4n) is 7.78. The maximum atomic E-state index is 6.37. The molecular formula is C47H40N6O4. The zero-order valence-corrected chi connectivity index (χ0v) is 32.5. The van der Waals surface area contributed by atoms with Crippen molar-refractivity contribution in [3.8, 4) is 68.4 Å². The second-order valence-corrected chi connectivity index (χ2v) is 14.4. The first-order valence-corrected chi connectivity index (χ1v) is 18.6. The first kappa shape index (κ1) is 35.5. The molecular weight excluding hydrogens is 713 g/mol. The third-order valence-electron chi connectivity index (χ3n) is 10.8. The molecule has 0 atom stereocenters. The summed E-state index contributed by atoms with van der Waals surface area (Å²) in [5.41, 5.74) is 11.0. The van der Waals surface area contributed by atoms with Crippen LogP contribution in [0.25, 0.3) is 56.9 Å². The minimum absolute atomic E-state index is 0.427.